The Morgan fingerprint density at radius 1 is 0.944 bits per heavy atom. The maximum atomic E-state index is 12.3. The van der Waals surface area contributed by atoms with Gasteiger partial charge in [0.25, 0.3) is 0 Å². The van der Waals surface area contributed by atoms with Crippen LogP contribution < -0.4 is 5.32 Å². The first-order valence-corrected chi connectivity index (χ1v) is 12.4. The smallest absolute Gasteiger partial charge is 0.394 e. The molecule has 2 rings (SSSR count). The number of carbonyl (C=O) groups excluding carboxylic acids is 1. The van der Waals surface area contributed by atoms with E-state index in [4.69, 9.17) is 18.5 Å². The molecular weight excluding hydrogens is 517 g/mol. The minimum atomic E-state index is -5.12. The lowest BCUT2D eigenvalue weighted by Crippen LogP contribution is -2.67. The molecule has 2 fully saturated rings. The van der Waals surface area contributed by atoms with Crippen molar-refractivity contribution in [2.24, 2.45) is 0 Å². The van der Waals surface area contributed by atoms with Crippen molar-refractivity contribution >= 4 is 13.7 Å². The molecule has 1 saturated heterocycles. The van der Waals surface area contributed by atoms with Crippen LogP contribution in [0.5, 0.6) is 0 Å². The molecule has 2 aliphatic rings. The van der Waals surface area contributed by atoms with Gasteiger partial charge in [0.05, 0.1) is 25.4 Å². The fourth-order valence-electron chi connectivity index (χ4n) is 3.72. The number of nitrogens with one attached hydrogen (secondary N) is 1. The first-order valence-electron chi connectivity index (χ1n) is 10.9. The zero-order valence-corrected chi connectivity index (χ0v) is 20.2. The predicted octanol–water partition coefficient (Wildman–Crippen LogP) is -5.98. The van der Waals surface area contributed by atoms with Gasteiger partial charge in [-0.05, 0) is 6.92 Å². The van der Waals surface area contributed by atoms with Crippen molar-refractivity contribution in [3.63, 3.8) is 0 Å². The Balaban J connectivity index is 2.08. The van der Waals surface area contributed by atoms with Gasteiger partial charge in [0.2, 0.25) is 5.91 Å². The average Bonchev–Trinajstić information content (AvgIpc) is 2.80. The number of rotatable bonds is 10. The molecule has 1 heterocycles. The van der Waals surface area contributed by atoms with E-state index in [2.05, 4.69) is 5.32 Å². The van der Waals surface area contributed by atoms with Crippen LogP contribution in [-0.2, 0) is 27.9 Å². The molecular formula is C18H34NO16P. The number of aliphatic hydroxyl groups is 9. The molecule has 36 heavy (non-hydrogen) atoms. The number of phosphoric ester groups is 1. The highest BCUT2D eigenvalue weighted by molar-refractivity contribution is 7.47. The molecule has 1 aliphatic carbocycles. The molecule has 12 atom stereocenters. The first kappa shape index (κ1) is 31.4. The first-order chi connectivity index (χ1) is 16.6. The summed E-state index contributed by atoms with van der Waals surface area (Å²) < 4.78 is 32.1. The Labute approximate surface area is 205 Å². The van der Waals surface area contributed by atoms with Crippen molar-refractivity contribution < 1.29 is 78.7 Å². The van der Waals surface area contributed by atoms with Gasteiger partial charge < -0.3 is 65.6 Å². The van der Waals surface area contributed by atoms with Crippen molar-refractivity contribution in [1.29, 1.82) is 0 Å². The zero-order valence-electron chi connectivity index (χ0n) is 19.3. The van der Waals surface area contributed by atoms with E-state index in [0.29, 0.717) is 0 Å². The summed E-state index contributed by atoms with van der Waals surface area (Å²) in [6.07, 6.45) is -22.6. The summed E-state index contributed by atoms with van der Waals surface area (Å²) in [5, 5.41) is 92.5. The lowest BCUT2D eigenvalue weighted by atomic mass is 9.84. The number of hydrogen-bond donors (Lipinski definition) is 11. The Kier molecular flexibility index (Phi) is 11.1. The summed E-state index contributed by atoms with van der Waals surface area (Å²) in [6, 6.07) is -1.12. The third kappa shape index (κ3) is 7.37. The minimum absolute atomic E-state index is 0.576. The molecule has 1 amide bonds. The van der Waals surface area contributed by atoms with Gasteiger partial charge in [0, 0.05) is 6.92 Å². The zero-order chi connectivity index (χ0) is 27.5. The van der Waals surface area contributed by atoms with E-state index in [1.807, 2.05) is 0 Å². The van der Waals surface area contributed by atoms with Crippen molar-refractivity contribution in [3.8, 4) is 0 Å². The third-order valence-corrected chi connectivity index (χ3v) is 6.81. The van der Waals surface area contributed by atoms with Crippen LogP contribution in [-0.4, -0.2) is 149 Å². The van der Waals surface area contributed by atoms with Gasteiger partial charge in [0.15, 0.2) is 6.29 Å². The summed E-state index contributed by atoms with van der Waals surface area (Å²) in [5.74, 6) is -0.576. The van der Waals surface area contributed by atoms with E-state index in [9.17, 15) is 60.2 Å². The van der Waals surface area contributed by atoms with E-state index in [-0.39, 0.29) is 0 Å². The van der Waals surface area contributed by atoms with Crippen molar-refractivity contribution in [1.82, 2.24) is 5.32 Å². The Morgan fingerprint density at radius 3 is 1.94 bits per heavy atom. The standard InChI is InChI=1S/C18H34NO16P/c1-5(21)7(19-6(2)22)4-32-36(30,31)35-17-13(27)11(25)16(12(26)14(17)28)34-18-15(29)10(24)9(23)8(3-20)33-18/h5,7-18,20-21,23-29H,3-4H2,1-2H3,(H,19,22)(H,30,31). The lowest BCUT2D eigenvalue weighted by Gasteiger charge is -2.46. The van der Waals surface area contributed by atoms with Gasteiger partial charge in [-0.3, -0.25) is 13.8 Å². The Bertz CT molecular complexity index is 755. The Hall–Kier alpha value is -0.860. The number of ether oxygens (including phenoxy) is 2. The van der Waals surface area contributed by atoms with E-state index in [1.54, 1.807) is 0 Å². The Morgan fingerprint density at radius 2 is 1.47 bits per heavy atom. The van der Waals surface area contributed by atoms with Crippen LogP contribution in [0.25, 0.3) is 0 Å². The number of phosphoric acid groups is 1. The van der Waals surface area contributed by atoms with E-state index >= 15 is 0 Å². The summed E-state index contributed by atoms with van der Waals surface area (Å²) in [6.45, 7) is 0.873. The van der Waals surface area contributed by atoms with Crippen molar-refractivity contribution in [2.45, 2.75) is 93.3 Å². The molecule has 0 spiro atoms. The number of carbonyl (C=O) groups is 1. The van der Waals surface area contributed by atoms with Gasteiger partial charge in [-0.15, -0.1) is 0 Å². The van der Waals surface area contributed by atoms with Crippen LogP contribution in [0.1, 0.15) is 13.8 Å². The highest BCUT2D eigenvalue weighted by atomic mass is 31.2. The fraction of sp³-hybridized carbons (Fsp3) is 0.944. The summed E-state index contributed by atoms with van der Waals surface area (Å²) in [5.41, 5.74) is 0. The van der Waals surface area contributed by atoms with E-state index in [1.165, 1.54) is 6.92 Å². The molecule has 212 valence electrons. The van der Waals surface area contributed by atoms with Gasteiger partial charge >= 0.3 is 7.82 Å². The number of amides is 1. The van der Waals surface area contributed by atoms with Crippen LogP contribution in [0.2, 0.25) is 0 Å². The van der Waals surface area contributed by atoms with Crippen molar-refractivity contribution in [3.05, 3.63) is 0 Å². The molecule has 0 radical (unpaired) electrons. The molecule has 1 aliphatic heterocycles. The largest absolute Gasteiger partial charge is 0.472 e. The summed E-state index contributed by atoms with van der Waals surface area (Å²) in [4.78, 5) is 21.2. The van der Waals surface area contributed by atoms with Crippen LogP contribution in [0, 0.1) is 0 Å². The SMILES string of the molecule is CC(=O)NC(COP(=O)(O)OC1C(O)C(O)C(OC2OC(CO)C(O)C(O)C2O)C(O)C1O)C(C)O. The van der Waals surface area contributed by atoms with Gasteiger partial charge in [-0.2, -0.15) is 0 Å². The summed E-state index contributed by atoms with van der Waals surface area (Å²) >= 11 is 0. The highest BCUT2D eigenvalue weighted by Crippen LogP contribution is 2.47. The van der Waals surface area contributed by atoms with Crippen molar-refractivity contribution in [2.75, 3.05) is 13.2 Å². The molecule has 0 bridgehead atoms. The average molecular weight is 551 g/mol. The number of hydrogen-bond acceptors (Lipinski definition) is 15. The van der Waals surface area contributed by atoms with Crippen LogP contribution in [0.3, 0.4) is 0 Å². The molecule has 18 heteroatoms. The topological polar surface area (TPSA) is 285 Å². The normalized spacial score (nSPS) is 42.8. The minimum Gasteiger partial charge on any atom is -0.394 e. The second-order valence-electron chi connectivity index (χ2n) is 8.64. The van der Waals surface area contributed by atoms with Crippen LogP contribution in [0.15, 0.2) is 0 Å². The monoisotopic (exact) mass is 551 g/mol. The predicted molar refractivity (Wildman–Crippen MR) is 113 cm³/mol. The maximum Gasteiger partial charge on any atom is 0.472 e. The van der Waals surface area contributed by atoms with Gasteiger partial charge in [0.1, 0.15) is 61.0 Å². The maximum absolute atomic E-state index is 12.3. The molecule has 17 nitrogen and oxygen atoms in total. The third-order valence-electron chi connectivity index (χ3n) is 5.83. The summed E-state index contributed by atoms with van der Waals surface area (Å²) in [7, 11) is -5.12. The van der Waals surface area contributed by atoms with Gasteiger partial charge in [-0.1, -0.05) is 0 Å². The molecule has 0 aromatic heterocycles. The van der Waals surface area contributed by atoms with E-state index in [0.717, 1.165) is 6.92 Å². The fourth-order valence-corrected chi connectivity index (χ4v) is 4.69. The molecule has 11 N–H and O–H groups in total. The van der Waals surface area contributed by atoms with Crippen LogP contribution >= 0.6 is 7.82 Å². The second-order valence-corrected chi connectivity index (χ2v) is 10.0. The quantitative estimate of drug-likeness (QED) is 0.113. The molecule has 0 aromatic rings. The molecule has 0 aromatic carbocycles. The number of aliphatic hydroxyl groups excluding tert-OH is 9. The second kappa shape index (κ2) is 12.8. The highest BCUT2D eigenvalue weighted by Gasteiger charge is 2.55. The van der Waals surface area contributed by atoms with Crippen LogP contribution in [0.4, 0.5) is 0 Å². The lowest BCUT2D eigenvalue weighted by molar-refractivity contribution is -0.338. The molecule has 1 saturated carbocycles. The van der Waals surface area contributed by atoms with E-state index < -0.39 is 106 Å². The van der Waals surface area contributed by atoms with Gasteiger partial charge in [-0.25, -0.2) is 4.57 Å². The molecule has 12 unspecified atom stereocenters.